The van der Waals surface area contributed by atoms with E-state index in [0.717, 1.165) is 0 Å². The number of carbonyl (C=O) groups is 2. The van der Waals surface area contributed by atoms with Gasteiger partial charge in [-0.3, -0.25) is 29.8 Å². The van der Waals surface area contributed by atoms with Gasteiger partial charge in [-0.05, 0) is 49.2 Å². The molecule has 32 heavy (non-hydrogen) atoms. The smallest absolute Gasteiger partial charge is 0.271 e. The van der Waals surface area contributed by atoms with E-state index in [1.54, 1.807) is 13.8 Å². The second-order valence-corrected chi connectivity index (χ2v) is 7.00. The molecule has 0 aliphatic carbocycles. The summed E-state index contributed by atoms with van der Waals surface area (Å²) in [4.78, 5) is 45.8. The average Bonchev–Trinajstić information content (AvgIpc) is 2.76. The largest absolute Gasteiger partial charge is 0.321 e. The molecule has 0 aromatic heterocycles. The van der Waals surface area contributed by atoms with Crippen molar-refractivity contribution in [2.45, 2.75) is 13.8 Å². The van der Waals surface area contributed by atoms with Crippen molar-refractivity contribution in [3.63, 3.8) is 0 Å². The van der Waals surface area contributed by atoms with Crippen molar-refractivity contribution in [1.82, 2.24) is 0 Å². The third-order valence-corrected chi connectivity index (χ3v) is 4.77. The fraction of sp³-hybridized carbons (Fsp3) is 0.0909. The summed E-state index contributed by atoms with van der Waals surface area (Å²) >= 11 is 0. The van der Waals surface area contributed by atoms with Crippen molar-refractivity contribution in [2.24, 2.45) is 0 Å². The molecule has 162 valence electrons. The second kappa shape index (κ2) is 9.04. The number of nitrogens with one attached hydrogen (secondary N) is 2. The SMILES string of the molecule is Cc1ccc([N+](=O)[O-])cc1NC(=O)c1ccc(C(=O)Nc2cc([N+](=O)[O-])ccc2C)cc1. The Morgan fingerprint density at radius 2 is 1.00 bits per heavy atom. The summed E-state index contributed by atoms with van der Waals surface area (Å²) in [5.74, 6) is -0.981. The van der Waals surface area contributed by atoms with Gasteiger partial charge in [0.05, 0.1) is 21.2 Å². The van der Waals surface area contributed by atoms with Gasteiger partial charge in [0.15, 0.2) is 0 Å². The first-order valence-corrected chi connectivity index (χ1v) is 9.38. The van der Waals surface area contributed by atoms with Crippen LogP contribution >= 0.6 is 0 Å². The number of nitrogens with zero attached hydrogens (tertiary/aromatic N) is 2. The van der Waals surface area contributed by atoms with E-state index < -0.39 is 21.7 Å². The zero-order valence-electron chi connectivity index (χ0n) is 17.1. The van der Waals surface area contributed by atoms with Gasteiger partial charge in [-0.1, -0.05) is 12.1 Å². The highest BCUT2D eigenvalue weighted by Crippen LogP contribution is 2.24. The Morgan fingerprint density at radius 1 is 0.656 bits per heavy atom. The predicted molar refractivity (Wildman–Crippen MR) is 118 cm³/mol. The van der Waals surface area contributed by atoms with Gasteiger partial charge in [0.1, 0.15) is 0 Å². The molecule has 3 aromatic rings. The zero-order chi connectivity index (χ0) is 23.4. The molecule has 0 radical (unpaired) electrons. The fourth-order valence-electron chi connectivity index (χ4n) is 2.88. The Morgan fingerprint density at radius 3 is 1.31 bits per heavy atom. The third-order valence-electron chi connectivity index (χ3n) is 4.77. The Kier molecular flexibility index (Phi) is 6.24. The highest BCUT2D eigenvalue weighted by Gasteiger charge is 2.15. The van der Waals surface area contributed by atoms with E-state index in [9.17, 15) is 29.8 Å². The van der Waals surface area contributed by atoms with E-state index in [1.807, 2.05) is 0 Å². The molecule has 3 rings (SSSR count). The summed E-state index contributed by atoms with van der Waals surface area (Å²) in [6, 6.07) is 14.1. The first kappa shape index (κ1) is 22.1. The van der Waals surface area contributed by atoms with Crippen molar-refractivity contribution in [2.75, 3.05) is 10.6 Å². The molecular weight excluding hydrogens is 416 g/mol. The van der Waals surface area contributed by atoms with Crippen LogP contribution in [0, 0.1) is 34.1 Å². The van der Waals surface area contributed by atoms with Crippen molar-refractivity contribution in [3.8, 4) is 0 Å². The van der Waals surface area contributed by atoms with Crippen LogP contribution in [0.4, 0.5) is 22.7 Å². The molecule has 0 fully saturated rings. The topological polar surface area (TPSA) is 144 Å². The van der Waals surface area contributed by atoms with E-state index >= 15 is 0 Å². The Balaban J connectivity index is 1.74. The summed E-state index contributed by atoms with van der Waals surface area (Å²) in [5, 5.41) is 27.1. The predicted octanol–water partition coefficient (Wildman–Crippen LogP) is 4.62. The van der Waals surface area contributed by atoms with Gasteiger partial charge in [0, 0.05) is 35.4 Å². The summed E-state index contributed by atoms with van der Waals surface area (Å²) in [5.41, 5.74) is 2.15. The Labute approximate surface area is 182 Å². The molecule has 0 atom stereocenters. The van der Waals surface area contributed by atoms with Crippen molar-refractivity contribution in [1.29, 1.82) is 0 Å². The third kappa shape index (κ3) is 4.93. The number of nitro groups is 2. The Bertz CT molecular complexity index is 1140. The normalized spacial score (nSPS) is 10.3. The van der Waals surface area contributed by atoms with Crippen LogP contribution < -0.4 is 10.6 Å². The van der Waals surface area contributed by atoms with E-state index in [2.05, 4.69) is 10.6 Å². The Hall–Kier alpha value is -4.60. The quantitative estimate of drug-likeness (QED) is 0.428. The van der Waals surface area contributed by atoms with E-state index in [0.29, 0.717) is 22.5 Å². The number of nitro benzene ring substituents is 2. The first-order valence-electron chi connectivity index (χ1n) is 9.38. The lowest BCUT2D eigenvalue weighted by atomic mass is 10.1. The van der Waals surface area contributed by atoms with Crippen LogP contribution in [0.2, 0.25) is 0 Å². The van der Waals surface area contributed by atoms with Gasteiger partial charge in [-0.2, -0.15) is 0 Å². The lowest BCUT2D eigenvalue weighted by Crippen LogP contribution is -2.15. The molecule has 0 aliphatic heterocycles. The van der Waals surface area contributed by atoms with Crippen molar-refractivity contribution in [3.05, 3.63) is 103 Å². The van der Waals surface area contributed by atoms with E-state index in [-0.39, 0.29) is 22.5 Å². The molecule has 0 saturated heterocycles. The van der Waals surface area contributed by atoms with Gasteiger partial charge in [-0.15, -0.1) is 0 Å². The van der Waals surface area contributed by atoms with Gasteiger partial charge in [0.25, 0.3) is 23.2 Å². The minimum Gasteiger partial charge on any atom is -0.321 e. The molecule has 3 aromatic carbocycles. The molecule has 0 spiro atoms. The van der Waals surface area contributed by atoms with E-state index in [4.69, 9.17) is 0 Å². The lowest BCUT2D eigenvalue weighted by Gasteiger charge is -2.10. The van der Waals surface area contributed by atoms with E-state index in [1.165, 1.54) is 60.7 Å². The maximum Gasteiger partial charge on any atom is 0.271 e. The van der Waals surface area contributed by atoms with Crippen molar-refractivity contribution < 1.29 is 19.4 Å². The van der Waals surface area contributed by atoms with Crippen molar-refractivity contribution >= 4 is 34.6 Å². The highest BCUT2D eigenvalue weighted by atomic mass is 16.6. The number of carbonyl (C=O) groups excluding carboxylic acids is 2. The molecule has 0 unspecified atom stereocenters. The molecule has 0 saturated carbocycles. The highest BCUT2D eigenvalue weighted by molar-refractivity contribution is 6.07. The number of non-ortho nitro benzene ring substituents is 2. The van der Waals surface area contributed by atoms with Gasteiger partial charge in [0.2, 0.25) is 0 Å². The number of anilines is 2. The average molecular weight is 434 g/mol. The second-order valence-electron chi connectivity index (χ2n) is 7.00. The van der Waals surface area contributed by atoms with Crippen LogP contribution in [0.5, 0.6) is 0 Å². The standard InChI is InChI=1S/C22H18N4O6/c1-13-3-9-17(25(29)30)11-19(13)23-21(27)15-5-7-16(8-6-15)22(28)24-20-12-18(26(31)32)10-4-14(20)2/h3-12H,1-2H3,(H,23,27)(H,24,28). The van der Waals surface area contributed by atoms with Crippen LogP contribution in [0.15, 0.2) is 60.7 Å². The maximum atomic E-state index is 12.5. The molecule has 10 heteroatoms. The zero-order valence-corrected chi connectivity index (χ0v) is 17.1. The monoisotopic (exact) mass is 434 g/mol. The number of hydrogen-bond acceptors (Lipinski definition) is 6. The molecular formula is C22H18N4O6. The number of hydrogen-bond donors (Lipinski definition) is 2. The number of benzene rings is 3. The first-order chi connectivity index (χ1) is 15.2. The van der Waals surface area contributed by atoms with Gasteiger partial charge < -0.3 is 10.6 Å². The summed E-state index contributed by atoms with van der Waals surface area (Å²) < 4.78 is 0. The molecule has 10 nitrogen and oxygen atoms in total. The molecule has 2 amide bonds. The molecule has 0 heterocycles. The van der Waals surface area contributed by atoms with Crippen LogP contribution in [-0.4, -0.2) is 21.7 Å². The molecule has 0 bridgehead atoms. The van der Waals surface area contributed by atoms with Gasteiger partial charge >= 0.3 is 0 Å². The fourth-order valence-corrected chi connectivity index (χ4v) is 2.88. The maximum absolute atomic E-state index is 12.5. The summed E-state index contributed by atoms with van der Waals surface area (Å²) in [6.45, 7) is 3.42. The molecule has 0 aliphatic rings. The lowest BCUT2D eigenvalue weighted by molar-refractivity contribution is -0.385. The minimum atomic E-state index is -0.550. The van der Waals surface area contributed by atoms with Crippen LogP contribution in [0.3, 0.4) is 0 Å². The molecule has 2 N–H and O–H groups in total. The van der Waals surface area contributed by atoms with Crippen LogP contribution in [0.1, 0.15) is 31.8 Å². The summed E-state index contributed by atoms with van der Waals surface area (Å²) in [6.07, 6.45) is 0. The number of amides is 2. The van der Waals surface area contributed by atoms with Crippen LogP contribution in [-0.2, 0) is 0 Å². The van der Waals surface area contributed by atoms with Gasteiger partial charge in [-0.25, -0.2) is 0 Å². The van der Waals surface area contributed by atoms with Crippen LogP contribution in [0.25, 0.3) is 0 Å². The minimum absolute atomic E-state index is 0.144. The number of rotatable bonds is 6. The summed E-state index contributed by atoms with van der Waals surface area (Å²) in [7, 11) is 0. The number of aryl methyl sites for hydroxylation is 2.